The second kappa shape index (κ2) is 9.69. The van der Waals surface area contributed by atoms with Gasteiger partial charge >= 0.3 is 0 Å². The van der Waals surface area contributed by atoms with Crippen LogP contribution in [0.2, 0.25) is 0 Å². The normalized spacial score (nSPS) is 13.7. The van der Waals surface area contributed by atoms with E-state index in [0.29, 0.717) is 0 Å². The fourth-order valence-electron chi connectivity index (χ4n) is 6.76. The Morgan fingerprint density at radius 2 is 1.29 bits per heavy atom. The molecule has 0 aliphatic carbocycles. The number of anilines is 3. The predicted octanol–water partition coefficient (Wildman–Crippen LogP) is 12.3. The molecule has 0 saturated carbocycles. The fourth-order valence-corrected chi connectivity index (χ4v) is 8.34. The monoisotopic (exact) mass is 621 g/mol. The van der Waals surface area contributed by atoms with Crippen molar-refractivity contribution in [1.82, 2.24) is 0 Å². The summed E-state index contributed by atoms with van der Waals surface area (Å²) in [6.45, 7) is 4.73. The van der Waals surface area contributed by atoms with Crippen molar-refractivity contribution >= 4 is 64.5 Å². The Balaban J connectivity index is 1.34. The number of para-hydroxylation sites is 2. The lowest BCUT2D eigenvalue weighted by atomic mass is 9.70. The van der Waals surface area contributed by atoms with Crippen LogP contribution in [-0.4, -0.2) is 0 Å². The zero-order chi connectivity index (χ0) is 28.4. The third kappa shape index (κ3) is 3.95. The first-order valence-corrected chi connectivity index (χ1v) is 15.9. The molecule has 0 unspecified atom stereocenters. The van der Waals surface area contributed by atoms with Gasteiger partial charge in [-0.15, -0.1) is 11.3 Å². The largest absolute Gasteiger partial charge is 0.310 e. The number of nitrogens with zero attached hydrogens (tertiary/aromatic N) is 1. The van der Waals surface area contributed by atoms with Crippen molar-refractivity contribution in [2.24, 2.45) is 0 Å². The summed E-state index contributed by atoms with van der Waals surface area (Å²) in [5, 5.41) is 2.65. The lowest BCUT2D eigenvalue weighted by Gasteiger charge is -2.43. The van der Waals surface area contributed by atoms with Gasteiger partial charge in [0.25, 0.3) is 0 Å². The molecule has 1 aliphatic rings. The maximum Gasteiger partial charge on any atom is 0.0508 e. The first kappa shape index (κ1) is 25.5. The zero-order valence-electron chi connectivity index (χ0n) is 23.4. The van der Waals surface area contributed by atoms with Crippen LogP contribution in [0.15, 0.2) is 138 Å². The number of thiophene rings is 1. The van der Waals surface area contributed by atoms with E-state index in [0.717, 1.165) is 4.47 Å². The van der Waals surface area contributed by atoms with Crippen LogP contribution >= 0.6 is 27.3 Å². The molecular weight excluding hydrogens is 594 g/mol. The maximum atomic E-state index is 3.88. The van der Waals surface area contributed by atoms with E-state index < -0.39 is 0 Å². The van der Waals surface area contributed by atoms with E-state index in [1.807, 2.05) is 11.3 Å². The zero-order valence-corrected chi connectivity index (χ0v) is 25.8. The van der Waals surface area contributed by atoms with E-state index in [2.05, 4.69) is 168 Å². The molecule has 202 valence electrons. The van der Waals surface area contributed by atoms with Crippen molar-refractivity contribution in [2.45, 2.75) is 19.3 Å². The van der Waals surface area contributed by atoms with Crippen LogP contribution < -0.4 is 4.90 Å². The SMILES string of the molecule is CC1(C)c2ccccc2N(c2ccccc2)c2cccc(-c3cc(Br)cc(-c4ccc5sc6ccccc6c5c4)c3)c21. The molecule has 0 radical (unpaired) electrons. The molecular formula is C39H28BrNS. The van der Waals surface area contributed by atoms with Gasteiger partial charge < -0.3 is 4.90 Å². The van der Waals surface area contributed by atoms with Crippen LogP contribution in [0.5, 0.6) is 0 Å². The van der Waals surface area contributed by atoms with Crippen molar-refractivity contribution in [3.05, 3.63) is 149 Å². The van der Waals surface area contributed by atoms with Gasteiger partial charge in [-0.2, -0.15) is 0 Å². The van der Waals surface area contributed by atoms with Crippen molar-refractivity contribution in [1.29, 1.82) is 0 Å². The summed E-state index contributed by atoms with van der Waals surface area (Å²) in [5.41, 5.74) is 11.0. The second-order valence-corrected chi connectivity index (χ2v) is 13.6. The molecule has 0 atom stereocenters. The minimum Gasteiger partial charge on any atom is -0.310 e. The standard InChI is InChI=1S/C39H28BrNS/c1-39(2)33-15-7-8-16-34(33)41(29-11-4-3-5-12-29)35-17-10-14-30(38(35)39)27-21-26(22-28(40)23-27)25-19-20-37-32(24-25)31-13-6-9-18-36(31)42-37/h3-24H,1-2H3. The Morgan fingerprint density at radius 1 is 0.571 bits per heavy atom. The van der Waals surface area contributed by atoms with Gasteiger partial charge in [-0.3, -0.25) is 0 Å². The fraction of sp³-hybridized carbons (Fsp3) is 0.0769. The van der Waals surface area contributed by atoms with Gasteiger partial charge in [0.1, 0.15) is 0 Å². The molecule has 2 heterocycles. The highest BCUT2D eigenvalue weighted by molar-refractivity contribution is 9.10. The van der Waals surface area contributed by atoms with Gasteiger partial charge in [-0.1, -0.05) is 103 Å². The Hall–Kier alpha value is -4.18. The number of hydrogen-bond donors (Lipinski definition) is 0. The highest BCUT2D eigenvalue weighted by Gasteiger charge is 2.38. The van der Waals surface area contributed by atoms with Crippen LogP contribution in [-0.2, 0) is 5.41 Å². The summed E-state index contributed by atoms with van der Waals surface area (Å²) in [6, 6.07) is 48.8. The Bertz CT molecular complexity index is 2140. The van der Waals surface area contributed by atoms with E-state index in [9.17, 15) is 0 Å². The highest BCUT2D eigenvalue weighted by atomic mass is 79.9. The molecule has 0 fully saturated rings. The molecule has 1 aromatic heterocycles. The summed E-state index contributed by atoms with van der Waals surface area (Å²) in [4.78, 5) is 2.42. The summed E-state index contributed by atoms with van der Waals surface area (Å²) in [5.74, 6) is 0. The average Bonchev–Trinajstić information content (AvgIpc) is 3.39. The summed E-state index contributed by atoms with van der Waals surface area (Å²) < 4.78 is 3.74. The first-order chi connectivity index (χ1) is 20.5. The smallest absolute Gasteiger partial charge is 0.0508 e. The molecule has 0 amide bonds. The molecule has 0 spiro atoms. The molecule has 1 nitrogen and oxygen atoms in total. The number of hydrogen-bond acceptors (Lipinski definition) is 2. The van der Waals surface area contributed by atoms with E-state index in [-0.39, 0.29) is 5.41 Å². The first-order valence-electron chi connectivity index (χ1n) is 14.3. The minimum absolute atomic E-state index is 0.190. The van der Waals surface area contributed by atoms with Gasteiger partial charge in [0, 0.05) is 35.7 Å². The molecule has 42 heavy (non-hydrogen) atoms. The van der Waals surface area contributed by atoms with Crippen LogP contribution in [0.4, 0.5) is 17.1 Å². The van der Waals surface area contributed by atoms with Crippen LogP contribution in [0.25, 0.3) is 42.4 Å². The van der Waals surface area contributed by atoms with Gasteiger partial charge in [-0.05, 0) is 94.0 Å². The Labute approximate surface area is 258 Å². The van der Waals surface area contributed by atoms with Crippen molar-refractivity contribution in [3.63, 3.8) is 0 Å². The van der Waals surface area contributed by atoms with Crippen molar-refractivity contribution in [3.8, 4) is 22.3 Å². The summed E-state index contributed by atoms with van der Waals surface area (Å²) in [6.07, 6.45) is 0. The Kier molecular flexibility index (Phi) is 5.89. The van der Waals surface area contributed by atoms with Gasteiger partial charge in [0.2, 0.25) is 0 Å². The van der Waals surface area contributed by atoms with Crippen LogP contribution in [0, 0.1) is 0 Å². The van der Waals surface area contributed by atoms with E-state index in [1.54, 1.807) is 0 Å². The van der Waals surface area contributed by atoms with Gasteiger partial charge in [0.05, 0.1) is 11.4 Å². The molecule has 6 aromatic carbocycles. The van der Waals surface area contributed by atoms with Crippen molar-refractivity contribution in [2.75, 3.05) is 4.90 Å². The molecule has 0 N–H and O–H groups in total. The number of halogens is 1. The lowest BCUT2D eigenvalue weighted by Crippen LogP contribution is -2.31. The van der Waals surface area contributed by atoms with E-state index in [4.69, 9.17) is 0 Å². The molecule has 3 heteroatoms. The van der Waals surface area contributed by atoms with E-state index in [1.165, 1.54) is 70.6 Å². The van der Waals surface area contributed by atoms with Crippen LogP contribution in [0.3, 0.4) is 0 Å². The number of benzene rings is 6. The van der Waals surface area contributed by atoms with E-state index >= 15 is 0 Å². The predicted molar refractivity (Wildman–Crippen MR) is 185 cm³/mol. The highest BCUT2D eigenvalue weighted by Crippen LogP contribution is 2.54. The lowest BCUT2D eigenvalue weighted by molar-refractivity contribution is 0.633. The van der Waals surface area contributed by atoms with Crippen molar-refractivity contribution < 1.29 is 0 Å². The molecule has 7 aromatic rings. The number of rotatable bonds is 3. The topological polar surface area (TPSA) is 3.24 Å². The molecule has 0 bridgehead atoms. The molecule has 0 saturated heterocycles. The summed E-state index contributed by atoms with van der Waals surface area (Å²) in [7, 11) is 0. The quantitative estimate of drug-likeness (QED) is 0.190. The number of fused-ring (bicyclic) bond motifs is 5. The van der Waals surface area contributed by atoms with Gasteiger partial charge in [-0.25, -0.2) is 0 Å². The third-order valence-electron chi connectivity index (χ3n) is 8.66. The maximum absolute atomic E-state index is 3.88. The Morgan fingerprint density at radius 3 is 2.17 bits per heavy atom. The molecule has 8 rings (SSSR count). The van der Waals surface area contributed by atoms with Gasteiger partial charge in [0.15, 0.2) is 0 Å². The second-order valence-electron chi connectivity index (χ2n) is 11.6. The molecule has 1 aliphatic heterocycles. The average molecular weight is 623 g/mol. The third-order valence-corrected chi connectivity index (χ3v) is 10.3. The van der Waals surface area contributed by atoms with Crippen LogP contribution in [0.1, 0.15) is 25.0 Å². The minimum atomic E-state index is -0.190. The summed E-state index contributed by atoms with van der Waals surface area (Å²) >= 11 is 5.74.